The summed E-state index contributed by atoms with van der Waals surface area (Å²) >= 11 is 5.79. The molecule has 0 saturated heterocycles. The number of carbonyl (C=O) groups is 3. The first-order valence-electron chi connectivity index (χ1n) is 6.99. The van der Waals surface area contributed by atoms with Gasteiger partial charge in [0, 0.05) is 16.8 Å². The monoisotopic (exact) mass is 364 g/mol. The van der Waals surface area contributed by atoms with Gasteiger partial charge in [0.2, 0.25) is 5.91 Å². The number of benzene rings is 1. The fraction of sp³-hybridized carbons (Fsp3) is 0.133. The third-order valence-electron chi connectivity index (χ3n) is 3.01. The van der Waals surface area contributed by atoms with E-state index in [2.05, 4.69) is 20.6 Å². The van der Waals surface area contributed by atoms with Gasteiger partial charge >= 0.3 is 5.97 Å². The molecule has 0 unspecified atom stereocenters. The zero-order chi connectivity index (χ0) is 18.4. The van der Waals surface area contributed by atoms with Gasteiger partial charge in [0.25, 0.3) is 11.5 Å². The summed E-state index contributed by atoms with van der Waals surface area (Å²) in [7, 11) is 0. The Hall–Kier alpha value is -3.20. The molecule has 25 heavy (non-hydrogen) atoms. The zero-order valence-electron chi connectivity index (χ0n) is 12.7. The lowest BCUT2D eigenvalue weighted by atomic mass is 10.2. The van der Waals surface area contributed by atoms with E-state index in [9.17, 15) is 19.2 Å². The second kappa shape index (κ2) is 8.06. The SMILES string of the molecule is O=C(O)CNC(=O)CNC(=O)c1cnc(-c2ccc(Cl)cc2)[nH]c1=O. The van der Waals surface area contributed by atoms with Gasteiger partial charge < -0.3 is 20.7 Å². The highest BCUT2D eigenvalue weighted by Crippen LogP contribution is 2.16. The number of hydrogen-bond acceptors (Lipinski definition) is 5. The predicted molar refractivity (Wildman–Crippen MR) is 88.3 cm³/mol. The number of nitrogens with zero attached hydrogens (tertiary/aromatic N) is 1. The van der Waals surface area contributed by atoms with Crippen molar-refractivity contribution in [2.75, 3.05) is 13.1 Å². The van der Waals surface area contributed by atoms with Gasteiger partial charge in [-0.1, -0.05) is 11.6 Å². The van der Waals surface area contributed by atoms with Crippen LogP contribution in [0.15, 0.2) is 35.3 Å². The van der Waals surface area contributed by atoms with Crippen LogP contribution in [0, 0.1) is 0 Å². The second-order valence-electron chi connectivity index (χ2n) is 4.83. The van der Waals surface area contributed by atoms with Gasteiger partial charge in [-0.15, -0.1) is 0 Å². The Kier molecular flexibility index (Phi) is 5.85. The summed E-state index contributed by atoms with van der Waals surface area (Å²) in [4.78, 5) is 52.1. The van der Waals surface area contributed by atoms with Crippen LogP contribution in [0.4, 0.5) is 0 Å². The third kappa shape index (κ3) is 5.15. The fourth-order valence-electron chi connectivity index (χ4n) is 1.80. The highest BCUT2D eigenvalue weighted by atomic mass is 35.5. The van der Waals surface area contributed by atoms with E-state index >= 15 is 0 Å². The molecule has 2 rings (SSSR count). The molecule has 0 aliphatic carbocycles. The van der Waals surface area contributed by atoms with E-state index in [4.69, 9.17) is 16.7 Å². The molecule has 0 radical (unpaired) electrons. The van der Waals surface area contributed by atoms with Crippen molar-refractivity contribution >= 4 is 29.4 Å². The van der Waals surface area contributed by atoms with Gasteiger partial charge in [0.05, 0.1) is 6.54 Å². The molecule has 1 heterocycles. The number of carboxylic acids is 1. The number of aliphatic carboxylic acids is 1. The van der Waals surface area contributed by atoms with Crippen LogP contribution >= 0.6 is 11.6 Å². The van der Waals surface area contributed by atoms with Crippen LogP contribution < -0.4 is 16.2 Å². The maximum absolute atomic E-state index is 12.0. The molecule has 130 valence electrons. The Balaban J connectivity index is 2.03. The Morgan fingerprint density at radius 2 is 1.80 bits per heavy atom. The summed E-state index contributed by atoms with van der Waals surface area (Å²) < 4.78 is 0. The van der Waals surface area contributed by atoms with E-state index < -0.39 is 36.4 Å². The number of carbonyl (C=O) groups excluding carboxylic acids is 2. The second-order valence-corrected chi connectivity index (χ2v) is 5.27. The Bertz CT molecular complexity index is 863. The van der Waals surface area contributed by atoms with E-state index in [1.807, 2.05) is 0 Å². The van der Waals surface area contributed by atoms with Crippen LogP contribution in [-0.4, -0.2) is 45.9 Å². The number of hydrogen-bond donors (Lipinski definition) is 4. The number of carboxylic acid groups (broad SMARTS) is 1. The maximum atomic E-state index is 12.0. The summed E-state index contributed by atoms with van der Waals surface area (Å²) in [5.74, 6) is -2.45. The number of H-pyrrole nitrogens is 1. The van der Waals surface area contributed by atoms with Crippen molar-refractivity contribution in [1.82, 2.24) is 20.6 Å². The minimum Gasteiger partial charge on any atom is -0.480 e. The maximum Gasteiger partial charge on any atom is 0.322 e. The van der Waals surface area contributed by atoms with E-state index in [0.29, 0.717) is 10.6 Å². The standard InChI is InChI=1S/C15H13ClN4O5/c16-9-3-1-8(2-4-9)13-18-5-10(15(25)20-13)14(24)19-6-11(21)17-7-12(22)23/h1-5H,6-7H2,(H,17,21)(H,19,24)(H,22,23)(H,18,20,25). The van der Waals surface area contributed by atoms with Crippen LogP contribution in [0.1, 0.15) is 10.4 Å². The van der Waals surface area contributed by atoms with Gasteiger partial charge in [-0.3, -0.25) is 19.2 Å². The topological polar surface area (TPSA) is 141 Å². The van der Waals surface area contributed by atoms with Crippen molar-refractivity contribution < 1.29 is 19.5 Å². The number of halogens is 1. The van der Waals surface area contributed by atoms with E-state index in [0.717, 1.165) is 6.20 Å². The third-order valence-corrected chi connectivity index (χ3v) is 3.26. The Morgan fingerprint density at radius 3 is 2.40 bits per heavy atom. The Labute approximate surface area is 146 Å². The highest BCUT2D eigenvalue weighted by molar-refractivity contribution is 6.30. The predicted octanol–water partition coefficient (Wildman–Crippen LogP) is 0.0209. The fourth-order valence-corrected chi connectivity index (χ4v) is 1.93. The quantitative estimate of drug-likeness (QED) is 0.569. The lowest BCUT2D eigenvalue weighted by molar-refractivity contribution is -0.137. The zero-order valence-corrected chi connectivity index (χ0v) is 13.5. The number of nitrogens with one attached hydrogen (secondary N) is 3. The molecule has 9 nitrogen and oxygen atoms in total. The van der Waals surface area contributed by atoms with Crippen molar-refractivity contribution in [1.29, 1.82) is 0 Å². The molecule has 4 N–H and O–H groups in total. The first-order valence-corrected chi connectivity index (χ1v) is 7.36. The Morgan fingerprint density at radius 1 is 1.12 bits per heavy atom. The average molecular weight is 365 g/mol. The summed E-state index contributed by atoms with van der Waals surface area (Å²) in [6.07, 6.45) is 1.09. The molecule has 0 bridgehead atoms. The van der Waals surface area contributed by atoms with Crippen LogP contribution in [-0.2, 0) is 9.59 Å². The largest absolute Gasteiger partial charge is 0.480 e. The number of aromatic amines is 1. The molecule has 1 aromatic heterocycles. The molecule has 2 aromatic rings. The van der Waals surface area contributed by atoms with Crippen LogP contribution in [0.2, 0.25) is 5.02 Å². The van der Waals surface area contributed by atoms with Crippen LogP contribution in [0.25, 0.3) is 11.4 Å². The molecule has 0 atom stereocenters. The van der Waals surface area contributed by atoms with Gasteiger partial charge in [-0.2, -0.15) is 0 Å². The molecular formula is C15H13ClN4O5. The molecular weight excluding hydrogens is 352 g/mol. The van der Waals surface area contributed by atoms with Crippen LogP contribution in [0.5, 0.6) is 0 Å². The van der Waals surface area contributed by atoms with E-state index in [1.165, 1.54) is 0 Å². The molecule has 0 aliphatic heterocycles. The first-order chi connectivity index (χ1) is 11.9. The smallest absolute Gasteiger partial charge is 0.322 e. The highest BCUT2D eigenvalue weighted by Gasteiger charge is 2.14. The first kappa shape index (κ1) is 18.1. The van der Waals surface area contributed by atoms with E-state index in [1.54, 1.807) is 24.3 Å². The van der Waals surface area contributed by atoms with Gasteiger partial charge in [0.15, 0.2) is 0 Å². The molecule has 1 aromatic carbocycles. The molecule has 2 amide bonds. The van der Waals surface area contributed by atoms with Crippen molar-refractivity contribution in [3.05, 3.63) is 51.4 Å². The summed E-state index contributed by atoms with van der Waals surface area (Å²) in [5, 5.41) is 13.2. The lowest BCUT2D eigenvalue weighted by Crippen LogP contribution is -2.40. The minimum absolute atomic E-state index is 0.261. The van der Waals surface area contributed by atoms with Gasteiger partial charge in [-0.05, 0) is 24.3 Å². The van der Waals surface area contributed by atoms with E-state index in [-0.39, 0.29) is 11.4 Å². The number of amides is 2. The number of rotatable bonds is 6. The molecule has 10 heteroatoms. The van der Waals surface area contributed by atoms with Gasteiger partial charge in [0.1, 0.15) is 17.9 Å². The summed E-state index contributed by atoms with van der Waals surface area (Å²) in [6.45, 7) is -1.03. The summed E-state index contributed by atoms with van der Waals surface area (Å²) in [6, 6.07) is 6.58. The van der Waals surface area contributed by atoms with Crippen molar-refractivity contribution in [3.63, 3.8) is 0 Å². The van der Waals surface area contributed by atoms with Crippen molar-refractivity contribution in [3.8, 4) is 11.4 Å². The van der Waals surface area contributed by atoms with Gasteiger partial charge in [-0.25, -0.2) is 4.98 Å². The number of aromatic nitrogens is 2. The molecule has 0 fully saturated rings. The lowest BCUT2D eigenvalue weighted by Gasteiger charge is -2.06. The molecule has 0 saturated carbocycles. The van der Waals surface area contributed by atoms with Crippen LogP contribution in [0.3, 0.4) is 0 Å². The molecule has 0 spiro atoms. The molecule has 0 aliphatic rings. The van der Waals surface area contributed by atoms with Crippen molar-refractivity contribution in [2.24, 2.45) is 0 Å². The minimum atomic E-state index is -1.21. The normalized spacial score (nSPS) is 10.1. The summed E-state index contributed by atoms with van der Waals surface area (Å²) in [5.41, 5.74) is -0.339. The average Bonchev–Trinajstić information content (AvgIpc) is 2.58. The van der Waals surface area contributed by atoms with Crippen molar-refractivity contribution in [2.45, 2.75) is 0 Å².